The summed E-state index contributed by atoms with van der Waals surface area (Å²) in [7, 11) is 0. The average molecular weight is 591 g/mol. The highest BCUT2D eigenvalue weighted by Gasteiger charge is 2.15. The van der Waals surface area contributed by atoms with Gasteiger partial charge in [0.05, 0.1) is 10.8 Å². The first-order valence-electron chi connectivity index (χ1n) is 15.4. The summed E-state index contributed by atoms with van der Waals surface area (Å²) >= 11 is 0. The normalized spacial score (nSPS) is 11.6. The third-order valence-corrected chi connectivity index (χ3v) is 8.88. The van der Waals surface area contributed by atoms with Crippen LogP contribution in [-0.4, -0.2) is 0 Å². The lowest BCUT2D eigenvalue weighted by molar-refractivity contribution is 0.660. The first-order valence-corrected chi connectivity index (χ1v) is 15.4. The fourth-order valence-corrected chi connectivity index (χ4v) is 6.56. The average Bonchev–Trinajstić information content (AvgIpc) is 3.50. The van der Waals surface area contributed by atoms with Crippen LogP contribution in [0.15, 0.2) is 171 Å². The number of benzene rings is 7. The van der Waals surface area contributed by atoms with Gasteiger partial charge in [0.2, 0.25) is 5.43 Å². The molecular weight excluding hydrogens is 564 g/mol. The van der Waals surface area contributed by atoms with Gasteiger partial charge in [0, 0.05) is 16.3 Å². The van der Waals surface area contributed by atoms with Crippen molar-refractivity contribution in [2.24, 2.45) is 0 Å². The van der Waals surface area contributed by atoms with Gasteiger partial charge in [-0.1, -0.05) is 109 Å². The van der Waals surface area contributed by atoms with Crippen molar-refractivity contribution in [3.63, 3.8) is 0 Å². The van der Waals surface area contributed by atoms with E-state index < -0.39 is 0 Å². The summed E-state index contributed by atoms with van der Waals surface area (Å²) in [5.41, 5.74) is 11.7. The van der Waals surface area contributed by atoms with Crippen molar-refractivity contribution in [1.29, 1.82) is 0 Å². The molecule has 3 heteroatoms. The van der Waals surface area contributed by atoms with Gasteiger partial charge >= 0.3 is 0 Å². The van der Waals surface area contributed by atoms with Crippen LogP contribution < -0.4 is 5.43 Å². The zero-order valence-electron chi connectivity index (χ0n) is 24.7. The van der Waals surface area contributed by atoms with E-state index in [0.717, 1.165) is 55.3 Å². The quantitative estimate of drug-likeness (QED) is 0.192. The molecule has 0 spiro atoms. The van der Waals surface area contributed by atoms with Gasteiger partial charge in [-0.25, -0.2) is 0 Å². The first-order chi connectivity index (χ1) is 22.7. The monoisotopic (exact) mass is 590 g/mol. The van der Waals surface area contributed by atoms with Crippen LogP contribution in [0, 0.1) is 0 Å². The van der Waals surface area contributed by atoms with Crippen LogP contribution in [0.1, 0.15) is 0 Å². The van der Waals surface area contributed by atoms with Crippen LogP contribution in [0.2, 0.25) is 0 Å². The Morgan fingerprint density at radius 2 is 0.891 bits per heavy atom. The van der Waals surface area contributed by atoms with E-state index in [0.29, 0.717) is 21.9 Å². The molecule has 46 heavy (non-hydrogen) atoms. The molecule has 0 N–H and O–H groups in total. The van der Waals surface area contributed by atoms with Crippen molar-refractivity contribution >= 4 is 43.9 Å². The van der Waals surface area contributed by atoms with E-state index in [1.54, 1.807) is 0 Å². The molecule has 2 heterocycles. The van der Waals surface area contributed by atoms with Crippen molar-refractivity contribution in [2.75, 3.05) is 0 Å². The van der Waals surface area contributed by atoms with Gasteiger partial charge < -0.3 is 8.83 Å². The maximum absolute atomic E-state index is 13.1. The number of furan rings is 1. The van der Waals surface area contributed by atoms with Crippen LogP contribution in [0.5, 0.6) is 0 Å². The standard InChI is InChI=1S/C43H26O3/c44-42-36-15-4-5-18-39(36)45-41-26-32(19-21-37(41)42)30-13-6-12-29(23-30)31-20-22-40-38(25-31)35-17-8-16-34(43(35)46-40)33-14-7-11-28(24-33)27-9-2-1-3-10-27/h1-26H. The van der Waals surface area contributed by atoms with E-state index in [1.165, 1.54) is 11.1 Å². The number of fused-ring (bicyclic) bond motifs is 5. The summed E-state index contributed by atoms with van der Waals surface area (Å²) < 4.78 is 12.7. The van der Waals surface area contributed by atoms with Crippen LogP contribution in [-0.2, 0) is 0 Å². The molecule has 0 aliphatic heterocycles. The Hall–Kier alpha value is -6.19. The maximum Gasteiger partial charge on any atom is 0.200 e. The van der Waals surface area contributed by atoms with E-state index >= 15 is 0 Å². The summed E-state index contributed by atoms with van der Waals surface area (Å²) in [6.07, 6.45) is 0. The van der Waals surface area contributed by atoms with Crippen LogP contribution in [0.3, 0.4) is 0 Å². The SMILES string of the molecule is O=c1c2ccccc2oc2cc(-c3cccc(-c4ccc5oc6c(-c7cccc(-c8ccccc8)c7)cccc6c5c4)c3)ccc12. The zero-order chi connectivity index (χ0) is 30.6. The van der Waals surface area contributed by atoms with E-state index in [-0.39, 0.29) is 5.43 Å². The predicted octanol–water partition coefficient (Wildman–Crippen LogP) is 11.5. The van der Waals surface area contributed by atoms with E-state index in [4.69, 9.17) is 8.83 Å². The van der Waals surface area contributed by atoms with Crippen molar-refractivity contribution in [3.8, 4) is 44.5 Å². The third kappa shape index (κ3) is 4.33. The third-order valence-electron chi connectivity index (χ3n) is 8.88. The Bertz CT molecular complexity index is 2660. The van der Waals surface area contributed by atoms with Crippen molar-refractivity contribution in [1.82, 2.24) is 0 Å². The molecule has 0 amide bonds. The molecule has 9 rings (SSSR count). The largest absolute Gasteiger partial charge is 0.456 e. The van der Waals surface area contributed by atoms with Gasteiger partial charge in [-0.05, 0) is 87.5 Å². The Balaban J connectivity index is 1.12. The highest BCUT2D eigenvalue weighted by Crippen LogP contribution is 2.39. The number of rotatable bonds is 4. The van der Waals surface area contributed by atoms with E-state index in [1.807, 2.05) is 48.5 Å². The van der Waals surface area contributed by atoms with Gasteiger partial charge in [-0.2, -0.15) is 0 Å². The minimum absolute atomic E-state index is 0.00940. The molecule has 0 fully saturated rings. The predicted molar refractivity (Wildman–Crippen MR) is 189 cm³/mol. The van der Waals surface area contributed by atoms with Crippen LogP contribution >= 0.6 is 0 Å². The second-order valence-corrected chi connectivity index (χ2v) is 11.7. The molecule has 0 bridgehead atoms. The highest BCUT2D eigenvalue weighted by atomic mass is 16.3. The van der Waals surface area contributed by atoms with E-state index in [9.17, 15) is 4.79 Å². The minimum Gasteiger partial charge on any atom is -0.456 e. The van der Waals surface area contributed by atoms with Crippen molar-refractivity contribution in [3.05, 3.63) is 168 Å². The van der Waals surface area contributed by atoms with Gasteiger partial charge in [-0.3, -0.25) is 4.79 Å². The lowest BCUT2D eigenvalue weighted by Crippen LogP contribution is -2.01. The molecule has 0 aliphatic rings. The summed E-state index contributed by atoms with van der Waals surface area (Å²) in [6, 6.07) is 53.5. The summed E-state index contributed by atoms with van der Waals surface area (Å²) in [5.74, 6) is 0. The molecule has 0 saturated heterocycles. The highest BCUT2D eigenvalue weighted by molar-refractivity contribution is 6.10. The van der Waals surface area contributed by atoms with Gasteiger partial charge in [0.15, 0.2) is 0 Å². The molecule has 2 aromatic heterocycles. The van der Waals surface area contributed by atoms with Gasteiger partial charge in [-0.15, -0.1) is 0 Å². The molecule has 0 unspecified atom stereocenters. The summed E-state index contributed by atoms with van der Waals surface area (Å²) in [6.45, 7) is 0. The van der Waals surface area contributed by atoms with Gasteiger partial charge in [0.25, 0.3) is 0 Å². The van der Waals surface area contributed by atoms with Crippen molar-refractivity contribution < 1.29 is 8.83 Å². The molecule has 0 atom stereocenters. The molecule has 0 aliphatic carbocycles. The lowest BCUT2D eigenvalue weighted by atomic mass is 9.96. The smallest absolute Gasteiger partial charge is 0.200 e. The lowest BCUT2D eigenvalue weighted by Gasteiger charge is -2.08. The molecule has 216 valence electrons. The second kappa shape index (κ2) is 10.5. The number of hydrogen-bond acceptors (Lipinski definition) is 3. The Morgan fingerprint density at radius 3 is 1.74 bits per heavy atom. The summed E-state index contributed by atoms with van der Waals surface area (Å²) in [5, 5.41) is 3.35. The maximum atomic E-state index is 13.1. The second-order valence-electron chi connectivity index (χ2n) is 11.7. The van der Waals surface area contributed by atoms with Crippen LogP contribution in [0.4, 0.5) is 0 Å². The Labute approximate surface area is 264 Å². The molecule has 0 radical (unpaired) electrons. The Kier molecular flexibility index (Phi) is 5.97. The number of hydrogen-bond donors (Lipinski definition) is 0. The molecule has 7 aromatic carbocycles. The zero-order valence-corrected chi connectivity index (χ0v) is 24.7. The fraction of sp³-hybridized carbons (Fsp3) is 0. The fourth-order valence-electron chi connectivity index (χ4n) is 6.56. The first kappa shape index (κ1) is 26.2. The summed E-state index contributed by atoms with van der Waals surface area (Å²) in [4.78, 5) is 13.1. The molecule has 3 nitrogen and oxygen atoms in total. The Morgan fingerprint density at radius 1 is 0.326 bits per heavy atom. The van der Waals surface area contributed by atoms with E-state index in [2.05, 4.69) is 109 Å². The minimum atomic E-state index is -0.00940. The molecule has 9 aromatic rings. The van der Waals surface area contributed by atoms with Crippen molar-refractivity contribution in [2.45, 2.75) is 0 Å². The van der Waals surface area contributed by atoms with Crippen LogP contribution in [0.25, 0.3) is 88.4 Å². The molecule has 0 saturated carbocycles. The number of para-hydroxylation sites is 2. The molecular formula is C43H26O3. The topological polar surface area (TPSA) is 43.4 Å². The van der Waals surface area contributed by atoms with Gasteiger partial charge in [0.1, 0.15) is 22.3 Å².